The number of rotatable bonds is 3. The van der Waals surface area contributed by atoms with Gasteiger partial charge in [0.1, 0.15) is 0 Å². The third-order valence-electron chi connectivity index (χ3n) is 4.46. The summed E-state index contributed by atoms with van der Waals surface area (Å²) in [5.41, 5.74) is 9.21. The van der Waals surface area contributed by atoms with E-state index in [1.54, 1.807) is 0 Å². The van der Waals surface area contributed by atoms with Crippen LogP contribution in [0.15, 0.2) is 79.0 Å². The maximum absolute atomic E-state index is 4.64. The van der Waals surface area contributed by atoms with Gasteiger partial charge >= 0.3 is 18.9 Å². The quantitative estimate of drug-likeness (QED) is 0.292. The van der Waals surface area contributed by atoms with Crippen molar-refractivity contribution in [3.8, 4) is 33.5 Å². The first-order valence-corrected chi connectivity index (χ1v) is 8.73. The molecule has 0 unspecified atom stereocenters. The number of nitrogens with zero attached hydrogens (tertiary/aromatic N) is 1. The molecule has 0 aliphatic heterocycles. The molecule has 0 N–H and O–H groups in total. The van der Waals surface area contributed by atoms with Crippen LogP contribution in [0.2, 0.25) is 0 Å². The molecule has 0 atom stereocenters. The summed E-state index contributed by atoms with van der Waals surface area (Å²) in [5, 5.41) is 0. The van der Waals surface area contributed by atoms with Gasteiger partial charge in [-0.3, -0.25) is 30.3 Å². The van der Waals surface area contributed by atoms with Crippen LogP contribution in [0, 0.1) is 26.0 Å². The summed E-state index contributed by atoms with van der Waals surface area (Å²) in [7, 11) is 0. The minimum absolute atomic E-state index is 0. The standard InChI is InChI=1S/C25H19N.Ir.Li/c1-18-14-19(2)16-22(15-18)24-11-7-6-10-23(24)21-12-13-25(26-17-21)20-8-4-3-5-9-20;;/h3-4,6-7,9-17H,1-2H3;;/q-2;;+1. The Hall–Kier alpha value is -1.94. The molecule has 1 nitrogen and oxygen atoms in total. The molecule has 28 heavy (non-hydrogen) atoms. The maximum atomic E-state index is 4.64. The van der Waals surface area contributed by atoms with Gasteiger partial charge in [-0.15, -0.1) is 0 Å². The largest absolute Gasteiger partial charge is 1.00 e. The van der Waals surface area contributed by atoms with Gasteiger partial charge in [-0.25, -0.2) is 5.56 Å². The minimum Gasteiger partial charge on any atom is -0.317 e. The normalized spacial score (nSPS) is 9.93. The van der Waals surface area contributed by atoms with E-state index in [0.29, 0.717) is 0 Å². The number of aryl methyl sites for hydroxylation is 2. The molecule has 0 saturated carbocycles. The number of hydrogen-bond donors (Lipinski definition) is 0. The van der Waals surface area contributed by atoms with Gasteiger partial charge in [-0.2, -0.15) is 0 Å². The van der Waals surface area contributed by atoms with Crippen molar-refractivity contribution in [1.82, 2.24) is 4.98 Å². The van der Waals surface area contributed by atoms with E-state index >= 15 is 0 Å². The van der Waals surface area contributed by atoms with E-state index in [-0.39, 0.29) is 39.0 Å². The summed E-state index contributed by atoms with van der Waals surface area (Å²) >= 11 is 0. The van der Waals surface area contributed by atoms with Gasteiger partial charge < -0.3 is 4.98 Å². The van der Waals surface area contributed by atoms with Crippen molar-refractivity contribution >= 4 is 0 Å². The molecule has 1 heterocycles. The molecule has 4 rings (SSSR count). The monoisotopic (exact) mass is 533 g/mol. The van der Waals surface area contributed by atoms with Crippen molar-refractivity contribution < 1.29 is 39.0 Å². The first-order chi connectivity index (χ1) is 12.7. The summed E-state index contributed by atoms with van der Waals surface area (Å²) in [5.74, 6) is 0. The maximum Gasteiger partial charge on any atom is 1.00 e. The molecule has 1 aromatic heterocycles. The third-order valence-corrected chi connectivity index (χ3v) is 4.46. The molecule has 0 bridgehead atoms. The van der Waals surface area contributed by atoms with Crippen LogP contribution in [-0.4, -0.2) is 4.98 Å². The van der Waals surface area contributed by atoms with Crippen molar-refractivity contribution in [2.24, 2.45) is 0 Å². The molecule has 0 fully saturated rings. The molecule has 0 aliphatic rings. The predicted molar refractivity (Wildman–Crippen MR) is 108 cm³/mol. The summed E-state index contributed by atoms with van der Waals surface area (Å²) in [6, 6.07) is 31.3. The van der Waals surface area contributed by atoms with Gasteiger partial charge in [0.15, 0.2) is 0 Å². The van der Waals surface area contributed by atoms with Crippen molar-refractivity contribution in [3.05, 3.63) is 102 Å². The molecule has 135 valence electrons. The fourth-order valence-corrected chi connectivity index (χ4v) is 3.33. The van der Waals surface area contributed by atoms with Gasteiger partial charge in [0.2, 0.25) is 0 Å². The van der Waals surface area contributed by atoms with Crippen LogP contribution in [0.1, 0.15) is 11.1 Å². The van der Waals surface area contributed by atoms with Crippen LogP contribution >= 0.6 is 0 Å². The molecule has 0 spiro atoms. The Morgan fingerprint density at radius 2 is 1.46 bits per heavy atom. The first kappa shape index (κ1) is 22.3. The second kappa shape index (κ2) is 10.0. The number of pyridine rings is 1. The van der Waals surface area contributed by atoms with Gasteiger partial charge in [-0.05, 0) is 36.1 Å². The fourth-order valence-electron chi connectivity index (χ4n) is 3.33. The molecule has 0 amide bonds. The molecule has 1 radical (unpaired) electrons. The Morgan fingerprint density at radius 3 is 2.04 bits per heavy atom. The second-order valence-electron chi connectivity index (χ2n) is 6.56. The zero-order chi connectivity index (χ0) is 17.9. The van der Waals surface area contributed by atoms with Crippen LogP contribution in [-0.2, 0) is 20.1 Å². The van der Waals surface area contributed by atoms with Gasteiger partial charge in [0.25, 0.3) is 0 Å². The average Bonchev–Trinajstić information content (AvgIpc) is 2.68. The molecule has 0 saturated heterocycles. The molecular weight excluding hydrogens is 513 g/mol. The van der Waals surface area contributed by atoms with Crippen molar-refractivity contribution in [3.63, 3.8) is 0 Å². The van der Waals surface area contributed by atoms with Gasteiger partial charge in [0, 0.05) is 26.3 Å². The molecule has 3 heteroatoms. The van der Waals surface area contributed by atoms with E-state index in [4.69, 9.17) is 0 Å². The summed E-state index contributed by atoms with van der Waals surface area (Å²) < 4.78 is 0. The number of aromatic nitrogens is 1. The van der Waals surface area contributed by atoms with Crippen LogP contribution in [0.5, 0.6) is 0 Å². The molecule has 3 aromatic carbocycles. The van der Waals surface area contributed by atoms with Gasteiger partial charge in [-0.1, -0.05) is 71.4 Å². The first-order valence-electron chi connectivity index (χ1n) is 8.73. The summed E-state index contributed by atoms with van der Waals surface area (Å²) in [6.45, 7) is 4.28. The molecule has 0 aliphatic carbocycles. The van der Waals surface area contributed by atoms with E-state index in [1.807, 2.05) is 30.5 Å². The summed E-state index contributed by atoms with van der Waals surface area (Å²) in [4.78, 5) is 4.64. The molecular formula is C25H19IrLiN-. The van der Waals surface area contributed by atoms with Crippen LogP contribution in [0.3, 0.4) is 0 Å². The fraction of sp³-hybridized carbons (Fsp3) is 0.0800. The Kier molecular flexibility index (Phi) is 7.99. The molecule has 4 aromatic rings. The number of hydrogen-bond acceptors (Lipinski definition) is 1. The topological polar surface area (TPSA) is 12.9 Å². The van der Waals surface area contributed by atoms with Crippen molar-refractivity contribution in [2.45, 2.75) is 13.8 Å². The Balaban J connectivity index is 0.00000140. The zero-order valence-corrected chi connectivity index (χ0v) is 18.7. The van der Waals surface area contributed by atoms with E-state index in [1.165, 1.54) is 27.8 Å². The Bertz CT molecular complexity index is 1020. The second-order valence-corrected chi connectivity index (χ2v) is 6.56. The summed E-state index contributed by atoms with van der Waals surface area (Å²) in [6.07, 6.45) is 1.94. The van der Waals surface area contributed by atoms with Crippen LogP contribution < -0.4 is 18.9 Å². The van der Waals surface area contributed by atoms with Crippen molar-refractivity contribution in [1.29, 1.82) is 0 Å². The average molecular weight is 533 g/mol. The minimum atomic E-state index is 0. The smallest absolute Gasteiger partial charge is 0.317 e. The predicted octanol–water partition coefficient (Wildman–Crippen LogP) is 3.30. The van der Waals surface area contributed by atoms with Crippen LogP contribution in [0.4, 0.5) is 0 Å². The van der Waals surface area contributed by atoms with Crippen LogP contribution in [0.25, 0.3) is 33.5 Å². The number of benzene rings is 3. The third kappa shape index (κ3) is 4.91. The van der Waals surface area contributed by atoms with E-state index in [9.17, 15) is 0 Å². The van der Waals surface area contributed by atoms with E-state index < -0.39 is 0 Å². The SMILES string of the molecule is Cc1cc(C)cc(-c2ccccc2-c2ccc(-c3[c-]cc[c-]c3)nc2)c1.[Ir].[Li+]. The van der Waals surface area contributed by atoms with E-state index in [2.05, 4.69) is 79.5 Å². The Labute approximate surface area is 192 Å². The zero-order valence-electron chi connectivity index (χ0n) is 16.3. The van der Waals surface area contributed by atoms with Crippen molar-refractivity contribution in [2.75, 3.05) is 0 Å². The van der Waals surface area contributed by atoms with Gasteiger partial charge in [0.05, 0.1) is 0 Å². The van der Waals surface area contributed by atoms with E-state index in [0.717, 1.165) is 16.8 Å². The Morgan fingerprint density at radius 1 is 0.786 bits per heavy atom.